The maximum absolute atomic E-state index is 9.17. The summed E-state index contributed by atoms with van der Waals surface area (Å²) in [6, 6.07) is 12.2. The molecule has 23 heavy (non-hydrogen) atoms. The summed E-state index contributed by atoms with van der Waals surface area (Å²) in [6.07, 6.45) is 5.49. The first-order valence-corrected chi connectivity index (χ1v) is 7.88. The summed E-state index contributed by atoms with van der Waals surface area (Å²) in [5.41, 5.74) is 1.82. The Labute approximate surface area is 134 Å². The number of nitrogens with zero attached hydrogens (tertiary/aromatic N) is 3. The predicted molar refractivity (Wildman–Crippen MR) is 90.0 cm³/mol. The molecule has 5 heteroatoms. The van der Waals surface area contributed by atoms with E-state index in [9.17, 15) is 5.11 Å². The molecule has 0 amide bonds. The van der Waals surface area contributed by atoms with Gasteiger partial charge in [0.05, 0.1) is 5.52 Å². The molecule has 2 aromatic heterocycles. The molecule has 1 aliphatic rings. The van der Waals surface area contributed by atoms with Crippen molar-refractivity contribution in [2.75, 3.05) is 11.9 Å². The largest absolute Gasteiger partial charge is 0.396 e. The van der Waals surface area contributed by atoms with Gasteiger partial charge in [0.25, 0.3) is 0 Å². The van der Waals surface area contributed by atoms with Gasteiger partial charge in [-0.3, -0.25) is 4.98 Å². The van der Waals surface area contributed by atoms with E-state index in [0.29, 0.717) is 17.8 Å². The number of benzene rings is 1. The Balaban J connectivity index is 1.73. The number of anilines is 1. The van der Waals surface area contributed by atoms with E-state index in [2.05, 4.69) is 15.3 Å². The molecule has 1 saturated carbocycles. The van der Waals surface area contributed by atoms with Gasteiger partial charge >= 0.3 is 0 Å². The average molecular weight is 306 g/mol. The Hall–Kier alpha value is -2.53. The van der Waals surface area contributed by atoms with Crippen molar-refractivity contribution in [2.45, 2.75) is 18.9 Å². The van der Waals surface area contributed by atoms with Gasteiger partial charge in [0.1, 0.15) is 5.82 Å². The summed E-state index contributed by atoms with van der Waals surface area (Å²) >= 11 is 0. The van der Waals surface area contributed by atoms with E-state index in [1.807, 2.05) is 36.4 Å². The van der Waals surface area contributed by atoms with Crippen LogP contribution >= 0.6 is 0 Å². The Morgan fingerprint density at radius 1 is 1.09 bits per heavy atom. The number of aliphatic hydroxyl groups is 1. The highest BCUT2D eigenvalue weighted by Crippen LogP contribution is 2.32. The lowest BCUT2D eigenvalue weighted by molar-refractivity contribution is 0.151. The summed E-state index contributed by atoms with van der Waals surface area (Å²) in [4.78, 5) is 13.5. The molecule has 1 fully saturated rings. The second kappa shape index (κ2) is 5.93. The third kappa shape index (κ3) is 2.75. The van der Waals surface area contributed by atoms with Crippen LogP contribution in [0, 0.1) is 5.92 Å². The second-order valence-electron chi connectivity index (χ2n) is 6.02. The van der Waals surface area contributed by atoms with Gasteiger partial charge in [-0.05, 0) is 43.0 Å². The van der Waals surface area contributed by atoms with Crippen LogP contribution < -0.4 is 5.32 Å². The number of para-hydroxylation sites is 1. The van der Waals surface area contributed by atoms with Crippen LogP contribution in [0.4, 0.5) is 5.82 Å². The molecule has 2 N–H and O–H groups in total. The lowest BCUT2D eigenvalue weighted by atomic mass is 9.81. The van der Waals surface area contributed by atoms with Gasteiger partial charge in [0, 0.05) is 36.0 Å². The van der Waals surface area contributed by atoms with E-state index in [-0.39, 0.29) is 6.61 Å². The molecule has 0 aliphatic heterocycles. The van der Waals surface area contributed by atoms with Crippen molar-refractivity contribution in [1.29, 1.82) is 0 Å². The quantitative estimate of drug-likeness (QED) is 0.775. The van der Waals surface area contributed by atoms with Crippen molar-refractivity contribution < 1.29 is 5.11 Å². The van der Waals surface area contributed by atoms with Crippen LogP contribution in [0.25, 0.3) is 22.3 Å². The molecule has 4 rings (SSSR count). The molecule has 116 valence electrons. The maximum atomic E-state index is 9.17. The molecule has 0 spiro atoms. The smallest absolute Gasteiger partial charge is 0.163 e. The van der Waals surface area contributed by atoms with Gasteiger partial charge in [0.15, 0.2) is 5.82 Å². The van der Waals surface area contributed by atoms with Crippen molar-refractivity contribution in [3.8, 4) is 11.4 Å². The second-order valence-corrected chi connectivity index (χ2v) is 6.02. The van der Waals surface area contributed by atoms with Crippen LogP contribution in [0.5, 0.6) is 0 Å². The van der Waals surface area contributed by atoms with Crippen molar-refractivity contribution >= 4 is 16.7 Å². The molecule has 0 unspecified atom stereocenters. The molecule has 0 bridgehead atoms. The van der Waals surface area contributed by atoms with Crippen molar-refractivity contribution in [3.05, 3.63) is 48.8 Å². The Morgan fingerprint density at radius 2 is 1.96 bits per heavy atom. The Kier molecular flexibility index (Phi) is 3.63. The highest BCUT2D eigenvalue weighted by molar-refractivity contribution is 5.90. The summed E-state index contributed by atoms with van der Waals surface area (Å²) < 4.78 is 0. The van der Waals surface area contributed by atoms with Gasteiger partial charge < -0.3 is 10.4 Å². The van der Waals surface area contributed by atoms with Crippen LogP contribution in [0.3, 0.4) is 0 Å². The standard InChI is InChI=1S/C18H18N4O/c23-11-12-8-14(9-12)20-18-15-5-1-2-6-16(15)21-17(22-18)13-4-3-7-19-10-13/h1-7,10,12,14,23H,8-9,11H2,(H,20,21,22). The third-order valence-electron chi connectivity index (χ3n) is 4.36. The SMILES string of the molecule is OCC1CC(Nc2nc(-c3cccnc3)nc3ccccc23)C1. The molecule has 1 aromatic carbocycles. The lowest BCUT2D eigenvalue weighted by Gasteiger charge is -2.35. The fraction of sp³-hybridized carbons (Fsp3) is 0.278. The predicted octanol–water partition coefficient (Wildman–Crippen LogP) is 2.87. The molecular formula is C18H18N4O. The first-order chi connectivity index (χ1) is 11.3. The van der Waals surface area contributed by atoms with E-state index < -0.39 is 0 Å². The fourth-order valence-corrected chi connectivity index (χ4v) is 3.01. The molecule has 0 saturated heterocycles. The van der Waals surface area contributed by atoms with Crippen molar-refractivity contribution in [2.24, 2.45) is 5.92 Å². The molecule has 2 heterocycles. The maximum Gasteiger partial charge on any atom is 0.163 e. The van der Waals surface area contributed by atoms with E-state index >= 15 is 0 Å². The van der Waals surface area contributed by atoms with E-state index in [1.165, 1.54) is 0 Å². The Bertz CT molecular complexity index is 816. The van der Waals surface area contributed by atoms with E-state index in [1.54, 1.807) is 12.4 Å². The van der Waals surface area contributed by atoms with Gasteiger partial charge in [0.2, 0.25) is 0 Å². The topological polar surface area (TPSA) is 70.9 Å². The molecular weight excluding hydrogens is 288 g/mol. The van der Waals surface area contributed by atoms with Crippen LogP contribution in [0.2, 0.25) is 0 Å². The van der Waals surface area contributed by atoms with Gasteiger partial charge in [-0.2, -0.15) is 0 Å². The van der Waals surface area contributed by atoms with Crippen molar-refractivity contribution in [1.82, 2.24) is 15.0 Å². The summed E-state index contributed by atoms with van der Waals surface area (Å²) in [5, 5.41) is 13.7. The van der Waals surface area contributed by atoms with Crippen LogP contribution in [0.1, 0.15) is 12.8 Å². The number of aliphatic hydroxyl groups excluding tert-OH is 1. The van der Waals surface area contributed by atoms with Crippen LogP contribution in [0.15, 0.2) is 48.8 Å². The van der Waals surface area contributed by atoms with Crippen LogP contribution in [-0.4, -0.2) is 32.7 Å². The first kappa shape index (κ1) is 14.1. The number of rotatable bonds is 4. The molecule has 5 nitrogen and oxygen atoms in total. The van der Waals surface area contributed by atoms with Crippen molar-refractivity contribution in [3.63, 3.8) is 0 Å². The summed E-state index contributed by atoms with van der Waals surface area (Å²) in [6.45, 7) is 0.267. The minimum absolute atomic E-state index is 0.267. The summed E-state index contributed by atoms with van der Waals surface area (Å²) in [5.74, 6) is 1.95. The zero-order chi connectivity index (χ0) is 15.6. The zero-order valence-electron chi connectivity index (χ0n) is 12.7. The number of hydrogen-bond donors (Lipinski definition) is 2. The first-order valence-electron chi connectivity index (χ1n) is 7.88. The normalized spacial score (nSPS) is 20.2. The summed E-state index contributed by atoms with van der Waals surface area (Å²) in [7, 11) is 0. The van der Waals surface area contributed by atoms with E-state index in [0.717, 1.165) is 35.1 Å². The Morgan fingerprint density at radius 3 is 2.74 bits per heavy atom. The third-order valence-corrected chi connectivity index (χ3v) is 4.36. The highest BCUT2D eigenvalue weighted by atomic mass is 16.3. The number of hydrogen-bond acceptors (Lipinski definition) is 5. The number of nitrogens with one attached hydrogen (secondary N) is 1. The highest BCUT2D eigenvalue weighted by Gasteiger charge is 2.29. The molecule has 1 aliphatic carbocycles. The minimum atomic E-state index is 0.267. The molecule has 0 radical (unpaired) electrons. The molecule has 3 aromatic rings. The fourth-order valence-electron chi connectivity index (χ4n) is 3.01. The minimum Gasteiger partial charge on any atom is -0.396 e. The number of aromatic nitrogens is 3. The van der Waals surface area contributed by atoms with Gasteiger partial charge in [-0.25, -0.2) is 9.97 Å². The zero-order valence-corrected chi connectivity index (χ0v) is 12.7. The number of pyridine rings is 1. The molecule has 0 atom stereocenters. The monoisotopic (exact) mass is 306 g/mol. The van der Waals surface area contributed by atoms with Gasteiger partial charge in [-0.1, -0.05) is 12.1 Å². The number of fused-ring (bicyclic) bond motifs is 1. The van der Waals surface area contributed by atoms with Gasteiger partial charge in [-0.15, -0.1) is 0 Å². The lowest BCUT2D eigenvalue weighted by Crippen LogP contribution is -2.37. The van der Waals surface area contributed by atoms with E-state index in [4.69, 9.17) is 4.98 Å². The average Bonchev–Trinajstić information content (AvgIpc) is 2.58. The van der Waals surface area contributed by atoms with Crippen LogP contribution in [-0.2, 0) is 0 Å².